The molecule has 1 fully saturated rings. The van der Waals surface area contributed by atoms with E-state index in [9.17, 15) is 0 Å². The van der Waals surface area contributed by atoms with Gasteiger partial charge in [0.2, 0.25) is 0 Å². The van der Waals surface area contributed by atoms with Crippen LogP contribution in [-0.2, 0) is 23.6 Å². The molecular formula is C20H27Cl2NTi-2. The molecule has 2 aliphatic rings. The van der Waals surface area contributed by atoms with Crippen molar-refractivity contribution in [2.75, 3.05) is 6.54 Å². The molecule has 0 radical (unpaired) electrons. The fourth-order valence-corrected chi connectivity index (χ4v) is 3.69. The Labute approximate surface area is 164 Å². The van der Waals surface area contributed by atoms with E-state index in [1.807, 2.05) is 0 Å². The number of nitrogens with zero attached hydrogens (tertiary/aromatic N) is 1. The van der Waals surface area contributed by atoms with Crippen LogP contribution in [0.15, 0.2) is 54.1 Å². The summed E-state index contributed by atoms with van der Waals surface area (Å²) in [6.45, 7) is 4.21. The number of halogens is 2. The van der Waals surface area contributed by atoms with E-state index in [1.54, 1.807) is 5.57 Å². The van der Waals surface area contributed by atoms with Crippen LogP contribution in [0.2, 0.25) is 0 Å². The van der Waals surface area contributed by atoms with Crippen molar-refractivity contribution in [3.63, 3.8) is 0 Å². The van der Waals surface area contributed by atoms with Gasteiger partial charge >= 0.3 is 35.6 Å². The van der Waals surface area contributed by atoms with Gasteiger partial charge in [-0.25, -0.2) is 0 Å². The second kappa shape index (κ2) is 12.3. The summed E-state index contributed by atoms with van der Waals surface area (Å²) in [6, 6.07) is 10.5. The van der Waals surface area contributed by atoms with Crippen molar-refractivity contribution in [1.82, 2.24) is 0 Å². The zero-order valence-electron chi connectivity index (χ0n) is 14.6. The molecule has 1 aromatic rings. The standard InChI is InChI=1S/C19H24N.CH3.2ClH.Ti/c1-15-12-18-9-5-8-17(19(18)13-15)10-11-20-14-16-6-3-2-4-7-16;;;;/h2-9,15,18-19H,10-14H2,1H3;1H3;2*1H;/q2*-1;;;+2/p-2. The molecule has 3 atom stereocenters. The van der Waals surface area contributed by atoms with Gasteiger partial charge < -0.3 is 12.7 Å². The van der Waals surface area contributed by atoms with Crippen molar-refractivity contribution < 1.29 is 17.0 Å². The van der Waals surface area contributed by atoms with Gasteiger partial charge in [0.15, 0.2) is 0 Å². The zero-order chi connectivity index (χ0) is 16.5. The number of rotatable bonds is 5. The zero-order valence-corrected chi connectivity index (χ0v) is 17.7. The fourth-order valence-electron chi connectivity index (χ4n) is 3.69. The molecule has 0 heterocycles. The van der Waals surface area contributed by atoms with E-state index in [-0.39, 0.29) is 7.43 Å². The molecule has 0 bridgehead atoms. The van der Waals surface area contributed by atoms with Crippen LogP contribution in [0.3, 0.4) is 0 Å². The molecular weight excluding hydrogens is 373 g/mol. The molecule has 132 valence electrons. The molecule has 0 spiro atoms. The Morgan fingerprint density at radius 2 is 1.88 bits per heavy atom. The Morgan fingerprint density at radius 3 is 2.58 bits per heavy atom. The summed E-state index contributed by atoms with van der Waals surface area (Å²) in [4.78, 5) is 0. The van der Waals surface area contributed by atoms with E-state index < -0.39 is 17.0 Å². The van der Waals surface area contributed by atoms with E-state index in [1.165, 1.54) is 18.4 Å². The molecule has 0 aliphatic heterocycles. The van der Waals surface area contributed by atoms with Gasteiger partial charge in [0.1, 0.15) is 0 Å². The third-order valence-corrected chi connectivity index (χ3v) is 4.69. The monoisotopic (exact) mass is 399 g/mol. The molecule has 1 saturated carbocycles. The van der Waals surface area contributed by atoms with E-state index in [4.69, 9.17) is 23.9 Å². The van der Waals surface area contributed by atoms with Crippen LogP contribution in [0.4, 0.5) is 0 Å². The second-order valence-electron chi connectivity index (χ2n) is 6.39. The Morgan fingerprint density at radius 1 is 1.17 bits per heavy atom. The Bertz CT molecular complexity index is 516. The topological polar surface area (TPSA) is 14.1 Å². The molecule has 2 aliphatic carbocycles. The van der Waals surface area contributed by atoms with Gasteiger partial charge in [0.25, 0.3) is 0 Å². The van der Waals surface area contributed by atoms with Crippen LogP contribution >= 0.6 is 18.6 Å². The predicted octanol–water partition coefficient (Wildman–Crippen LogP) is 6.94. The van der Waals surface area contributed by atoms with Crippen molar-refractivity contribution in [3.05, 3.63) is 72.4 Å². The van der Waals surface area contributed by atoms with E-state index in [0.717, 1.165) is 37.3 Å². The van der Waals surface area contributed by atoms with Gasteiger partial charge in [-0.15, -0.1) is 13.1 Å². The molecule has 0 N–H and O–H groups in total. The van der Waals surface area contributed by atoms with Crippen molar-refractivity contribution in [2.24, 2.45) is 17.8 Å². The first-order chi connectivity index (χ1) is 11.2. The molecule has 1 nitrogen and oxygen atoms in total. The van der Waals surface area contributed by atoms with Gasteiger partial charge in [-0.3, -0.25) is 0 Å². The minimum atomic E-state index is -0.556. The summed E-state index contributed by atoms with van der Waals surface area (Å²) in [5, 5.41) is 4.70. The summed E-state index contributed by atoms with van der Waals surface area (Å²) < 4.78 is 0. The van der Waals surface area contributed by atoms with E-state index in [0.29, 0.717) is 0 Å². The third-order valence-electron chi connectivity index (χ3n) is 4.69. The van der Waals surface area contributed by atoms with Gasteiger partial charge in [-0.05, 0) is 30.6 Å². The van der Waals surface area contributed by atoms with Crippen molar-refractivity contribution in [2.45, 2.75) is 32.7 Å². The molecule has 3 rings (SSSR count). The van der Waals surface area contributed by atoms with E-state index >= 15 is 0 Å². The first kappa shape index (κ1) is 22.0. The van der Waals surface area contributed by atoms with Crippen molar-refractivity contribution in [3.8, 4) is 0 Å². The quantitative estimate of drug-likeness (QED) is 0.289. The Kier molecular flexibility index (Phi) is 11.3. The average Bonchev–Trinajstić information content (AvgIpc) is 2.94. The molecule has 0 amide bonds. The van der Waals surface area contributed by atoms with Crippen molar-refractivity contribution in [1.29, 1.82) is 0 Å². The van der Waals surface area contributed by atoms with Crippen LogP contribution in [0.25, 0.3) is 5.32 Å². The number of fused-ring (bicyclic) bond motifs is 1. The van der Waals surface area contributed by atoms with Crippen molar-refractivity contribution >= 4 is 18.6 Å². The Balaban J connectivity index is 0.000000671. The number of benzene rings is 1. The molecule has 24 heavy (non-hydrogen) atoms. The minimum absolute atomic E-state index is 0. The van der Waals surface area contributed by atoms with Gasteiger partial charge in [0, 0.05) is 0 Å². The normalized spacial score (nSPS) is 24.1. The van der Waals surface area contributed by atoms with Gasteiger partial charge in [-0.2, -0.15) is 0 Å². The Hall–Kier alpha value is -0.0457. The van der Waals surface area contributed by atoms with Gasteiger partial charge in [0.05, 0.1) is 0 Å². The number of allylic oxidation sites excluding steroid dienone is 3. The van der Waals surface area contributed by atoms with E-state index in [2.05, 4.69) is 55.5 Å². The molecule has 0 saturated heterocycles. The summed E-state index contributed by atoms with van der Waals surface area (Å²) >= 11 is -0.556. The molecule has 1 aromatic carbocycles. The molecule has 3 unspecified atom stereocenters. The maximum absolute atomic E-state index is 4.89. The molecule has 0 aromatic heterocycles. The summed E-state index contributed by atoms with van der Waals surface area (Å²) in [5.74, 6) is 2.50. The SMILES string of the molecule is CC1CC2C=CC=C(CC[N-]Cc3ccccc3)C2C1.[CH3-].[Cl][Ti][Cl]. The van der Waals surface area contributed by atoms with Crippen LogP contribution < -0.4 is 0 Å². The second-order valence-corrected chi connectivity index (χ2v) is 8.96. The predicted molar refractivity (Wildman–Crippen MR) is 104 cm³/mol. The number of hydrogen-bond acceptors (Lipinski definition) is 0. The average molecular weight is 400 g/mol. The van der Waals surface area contributed by atoms with Crippen LogP contribution in [0.5, 0.6) is 0 Å². The maximum atomic E-state index is 4.89. The fraction of sp³-hybridized carbons (Fsp3) is 0.450. The van der Waals surface area contributed by atoms with Crippen LogP contribution in [0, 0.1) is 25.2 Å². The third kappa shape index (κ3) is 7.06. The first-order valence-corrected chi connectivity index (χ1v) is 12.5. The molecule has 4 heteroatoms. The van der Waals surface area contributed by atoms with Gasteiger partial charge in [-0.1, -0.05) is 73.0 Å². The summed E-state index contributed by atoms with van der Waals surface area (Å²) in [7, 11) is 9.78. The summed E-state index contributed by atoms with van der Waals surface area (Å²) in [5.41, 5.74) is 2.95. The number of hydrogen-bond donors (Lipinski definition) is 0. The van der Waals surface area contributed by atoms with Crippen LogP contribution in [0.1, 0.15) is 31.7 Å². The first-order valence-electron chi connectivity index (χ1n) is 8.25. The summed E-state index contributed by atoms with van der Waals surface area (Å²) in [6.07, 6.45) is 10.9. The van der Waals surface area contributed by atoms with Crippen LogP contribution in [-0.4, -0.2) is 6.54 Å².